The Kier molecular flexibility index (Phi) is 6.83. The Labute approximate surface area is 119 Å². The van der Waals surface area contributed by atoms with E-state index in [9.17, 15) is 4.79 Å². The molecule has 0 aliphatic heterocycles. The fourth-order valence-electron chi connectivity index (χ4n) is 1.40. The number of carbonyl (C=O) groups excluding carboxylic acids is 1. The molecule has 0 saturated carbocycles. The highest BCUT2D eigenvalue weighted by Gasteiger charge is 2.00. The van der Waals surface area contributed by atoms with Crippen molar-refractivity contribution in [2.75, 3.05) is 20.3 Å². The van der Waals surface area contributed by atoms with Gasteiger partial charge in [-0.2, -0.15) is 0 Å². The zero-order valence-electron chi connectivity index (χ0n) is 12.0. The molecule has 0 radical (unpaired) electrons. The Bertz CT molecular complexity index is 489. The SMILES string of the molecule is COc1ccccc1OCC#CCNC(=O)NC(C)C. The number of rotatable bonds is 5. The van der Waals surface area contributed by atoms with E-state index < -0.39 is 0 Å². The molecule has 108 valence electrons. The predicted molar refractivity (Wildman–Crippen MR) is 77.9 cm³/mol. The molecule has 5 heteroatoms. The van der Waals surface area contributed by atoms with Crippen molar-refractivity contribution < 1.29 is 14.3 Å². The third-order valence-electron chi connectivity index (χ3n) is 2.25. The van der Waals surface area contributed by atoms with Gasteiger partial charge in [0, 0.05) is 6.04 Å². The molecule has 2 amide bonds. The summed E-state index contributed by atoms with van der Waals surface area (Å²) in [6.07, 6.45) is 0. The van der Waals surface area contributed by atoms with Crippen LogP contribution in [0.4, 0.5) is 4.79 Å². The van der Waals surface area contributed by atoms with E-state index in [1.165, 1.54) is 0 Å². The van der Waals surface area contributed by atoms with Gasteiger partial charge < -0.3 is 20.1 Å². The number of hydrogen-bond donors (Lipinski definition) is 2. The standard InChI is InChI=1S/C15H20N2O3/c1-12(2)17-15(18)16-10-6-7-11-20-14-9-5-4-8-13(14)19-3/h4-5,8-9,12H,10-11H2,1-3H3,(H2,16,17,18). The maximum atomic E-state index is 11.3. The molecule has 0 saturated heterocycles. The van der Waals surface area contributed by atoms with Crippen LogP contribution in [0, 0.1) is 11.8 Å². The van der Waals surface area contributed by atoms with Crippen LogP contribution in [0.3, 0.4) is 0 Å². The quantitative estimate of drug-likeness (QED) is 0.806. The molecule has 0 aliphatic carbocycles. The van der Waals surface area contributed by atoms with Crippen LogP contribution < -0.4 is 20.1 Å². The second-order valence-corrected chi connectivity index (χ2v) is 4.27. The molecule has 1 rings (SSSR count). The zero-order valence-corrected chi connectivity index (χ0v) is 12.0. The first-order chi connectivity index (χ1) is 9.63. The van der Waals surface area contributed by atoms with Crippen LogP contribution in [-0.4, -0.2) is 32.3 Å². The van der Waals surface area contributed by atoms with Gasteiger partial charge in [0.05, 0.1) is 13.7 Å². The molecule has 0 heterocycles. The van der Waals surface area contributed by atoms with Gasteiger partial charge in [-0.25, -0.2) is 4.79 Å². The van der Waals surface area contributed by atoms with Crippen molar-refractivity contribution in [1.82, 2.24) is 10.6 Å². The first-order valence-electron chi connectivity index (χ1n) is 6.39. The number of hydrogen-bond acceptors (Lipinski definition) is 3. The Balaban J connectivity index is 2.28. The lowest BCUT2D eigenvalue weighted by molar-refractivity contribution is 0.239. The summed E-state index contributed by atoms with van der Waals surface area (Å²) in [6.45, 7) is 4.32. The van der Waals surface area contributed by atoms with E-state index in [1.54, 1.807) is 7.11 Å². The molecule has 0 atom stereocenters. The van der Waals surface area contributed by atoms with Crippen LogP contribution in [-0.2, 0) is 0 Å². The van der Waals surface area contributed by atoms with E-state index in [0.29, 0.717) is 11.5 Å². The first-order valence-corrected chi connectivity index (χ1v) is 6.39. The molecule has 2 N–H and O–H groups in total. The van der Waals surface area contributed by atoms with Crippen LogP contribution in [0.25, 0.3) is 0 Å². The minimum atomic E-state index is -0.222. The first kappa shape index (κ1) is 15.7. The molecule has 0 unspecified atom stereocenters. The van der Waals surface area contributed by atoms with Gasteiger partial charge in [-0.05, 0) is 26.0 Å². The zero-order chi connectivity index (χ0) is 14.8. The van der Waals surface area contributed by atoms with Gasteiger partial charge in [0.2, 0.25) is 0 Å². The average molecular weight is 276 g/mol. The number of urea groups is 1. The molecule has 0 aliphatic rings. The van der Waals surface area contributed by atoms with Crippen molar-refractivity contribution in [3.8, 4) is 23.3 Å². The Morgan fingerprint density at radius 2 is 1.95 bits per heavy atom. The second-order valence-electron chi connectivity index (χ2n) is 4.27. The summed E-state index contributed by atoms with van der Waals surface area (Å²) in [4.78, 5) is 11.3. The molecular weight excluding hydrogens is 256 g/mol. The van der Waals surface area contributed by atoms with Crippen LogP contribution >= 0.6 is 0 Å². The van der Waals surface area contributed by atoms with Gasteiger partial charge in [0.25, 0.3) is 0 Å². The van der Waals surface area contributed by atoms with Crippen LogP contribution in [0.2, 0.25) is 0 Å². The lowest BCUT2D eigenvalue weighted by atomic mass is 10.3. The number of carbonyl (C=O) groups is 1. The van der Waals surface area contributed by atoms with E-state index in [-0.39, 0.29) is 25.2 Å². The van der Waals surface area contributed by atoms with Crippen molar-refractivity contribution >= 4 is 6.03 Å². The van der Waals surface area contributed by atoms with E-state index in [1.807, 2.05) is 38.1 Å². The fraction of sp³-hybridized carbons (Fsp3) is 0.400. The van der Waals surface area contributed by atoms with E-state index >= 15 is 0 Å². The minimum absolute atomic E-state index is 0.108. The summed E-state index contributed by atoms with van der Waals surface area (Å²) >= 11 is 0. The summed E-state index contributed by atoms with van der Waals surface area (Å²) in [5.41, 5.74) is 0. The summed E-state index contributed by atoms with van der Waals surface area (Å²) in [5, 5.41) is 5.34. The number of benzene rings is 1. The topological polar surface area (TPSA) is 59.6 Å². The van der Waals surface area contributed by atoms with Crippen molar-refractivity contribution in [3.63, 3.8) is 0 Å². The van der Waals surface area contributed by atoms with E-state index in [2.05, 4.69) is 22.5 Å². The fourth-order valence-corrected chi connectivity index (χ4v) is 1.40. The van der Waals surface area contributed by atoms with Gasteiger partial charge in [-0.3, -0.25) is 0 Å². The molecule has 1 aromatic carbocycles. The van der Waals surface area contributed by atoms with Crippen molar-refractivity contribution in [3.05, 3.63) is 24.3 Å². The highest BCUT2D eigenvalue weighted by molar-refractivity contribution is 5.74. The van der Waals surface area contributed by atoms with Gasteiger partial charge >= 0.3 is 6.03 Å². The highest BCUT2D eigenvalue weighted by atomic mass is 16.5. The molecule has 0 bridgehead atoms. The number of amides is 2. The highest BCUT2D eigenvalue weighted by Crippen LogP contribution is 2.25. The molecule has 0 fully saturated rings. The van der Waals surface area contributed by atoms with Gasteiger partial charge in [0.1, 0.15) is 6.61 Å². The van der Waals surface area contributed by atoms with E-state index in [0.717, 1.165) is 0 Å². The van der Waals surface area contributed by atoms with Gasteiger partial charge in [-0.15, -0.1) is 0 Å². The second kappa shape index (κ2) is 8.70. The summed E-state index contributed by atoms with van der Waals surface area (Å²) in [6, 6.07) is 7.25. The lowest BCUT2D eigenvalue weighted by Gasteiger charge is -2.08. The minimum Gasteiger partial charge on any atom is -0.493 e. The molecule has 1 aromatic rings. The van der Waals surface area contributed by atoms with E-state index in [4.69, 9.17) is 9.47 Å². The largest absolute Gasteiger partial charge is 0.493 e. The monoisotopic (exact) mass is 276 g/mol. The third kappa shape index (κ3) is 6.01. The lowest BCUT2D eigenvalue weighted by Crippen LogP contribution is -2.39. The maximum Gasteiger partial charge on any atom is 0.315 e. The van der Waals surface area contributed by atoms with Gasteiger partial charge in [0.15, 0.2) is 11.5 Å². The summed E-state index contributed by atoms with van der Waals surface area (Å²) in [7, 11) is 1.59. The Hall–Kier alpha value is -2.35. The Morgan fingerprint density at radius 3 is 2.60 bits per heavy atom. The number of methoxy groups -OCH3 is 1. The number of para-hydroxylation sites is 2. The van der Waals surface area contributed by atoms with Crippen LogP contribution in [0.1, 0.15) is 13.8 Å². The predicted octanol–water partition coefficient (Wildman–Crippen LogP) is 1.78. The Morgan fingerprint density at radius 1 is 1.25 bits per heavy atom. The van der Waals surface area contributed by atoms with Crippen molar-refractivity contribution in [1.29, 1.82) is 0 Å². The summed E-state index contributed by atoms with van der Waals surface area (Å²) in [5.74, 6) is 6.95. The normalized spacial score (nSPS) is 9.40. The van der Waals surface area contributed by atoms with Gasteiger partial charge in [-0.1, -0.05) is 24.0 Å². The maximum absolute atomic E-state index is 11.3. The number of ether oxygens (including phenoxy) is 2. The van der Waals surface area contributed by atoms with Crippen molar-refractivity contribution in [2.24, 2.45) is 0 Å². The molecule has 0 spiro atoms. The third-order valence-corrected chi connectivity index (χ3v) is 2.25. The van der Waals surface area contributed by atoms with Crippen molar-refractivity contribution in [2.45, 2.75) is 19.9 Å². The number of nitrogens with one attached hydrogen (secondary N) is 2. The molecule has 0 aromatic heterocycles. The van der Waals surface area contributed by atoms with Crippen LogP contribution in [0.15, 0.2) is 24.3 Å². The smallest absolute Gasteiger partial charge is 0.315 e. The average Bonchev–Trinajstić information content (AvgIpc) is 2.42. The van der Waals surface area contributed by atoms with Crippen LogP contribution in [0.5, 0.6) is 11.5 Å². The molecule has 5 nitrogen and oxygen atoms in total. The molecular formula is C15H20N2O3. The summed E-state index contributed by atoms with van der Waals surface area (Å²) < 4.78 is 10.6. The molecule has 20 heavy (non-hydrogen) atoms.